The van der Waals surface area contributed by atoms with Gasteiger partial charge in [0.25, 0.3) is 0 Å². The maximum Gasteiger partial charge on any atom is 0.234 e. The van der Waals surface area contributed by atoms with Crippen LogP contribution in [0.4, 0.5) is 0 Å². The lowest BCUT2D eigenvalue weighted by molar-refractivity contribution is -0.402. The molecule has 0 aromatic heterocycles. The number of hydrogen-bond acceptors (Lipinski definition) is 3. The number of hydrogen-bond donors (Lipinski definition) is 1. The molecule has 0 amide bonds. The maximum atomic E-state index is 9.67. The highest BCUT2D eigenvalue weighted by Gasteiger charge is 1.76. The van der Waals surface area contributed by atoms with E-state index in [4.69, 9.17) is 5.73 Å². The molecule has 0 saturated carbocycles. The van der Waals surface area contributed by atoms with E-state index >= 15 is 0 Å². The average molecular weight is 140 g/mol. The first-order valence-corrected chi connectivity index (χ1v) is 2.62. The molecule has 0 atom stereocenters. The molecule has 54 valence electrons. The van der Waals surface area contributed by atoms with Gasteiger partial charge in [0.05, 0.1) is 4.92 Å². The Balaban J connectivity index is 3.62. The second-order valence-corrected chi connectivity index (χ2v) is 1.40. The van der Waals surface area contributed by atoms with Gasteiger partial charge in [0.1, 0.15) is 0 Å². The summed E-state index contributed by atoms with van der Waals surface area (Å²) in [6, 6.07) is 0. The van der Waals surface area contributed by atoms with Crippen LogP contribution in [0.3, 0.4) is 0 Å². The van der Waals surface area contributed by atoms with Crippen LogP contribution in [0.5, 0.6) is 0 Å². The molecule has 0 unspecified atom stereocenters. The summed E-state index contributed by atoms with van der Waals surface area (Å²) >= 11 is 0. The van der Waals surface area contributed by atoms with Crippen molar-refractivity contribution >= 4 is 0 Å². The van der Waals surface area contributed by atoms with Crippen LogP contribution < -0.4 is 5.73 Å². The largest absolute Gasteiger partial charge is 0.405 e. The quantitative estimate of drug-likeness (QED) is 0.358. The van der Waals surface area contributed by atoms with Gasteiger partial charge in [-0.05, 0) is 12.3 Å². The van der Waals surface area contributed by atoms with Crippen LogP contribution in [0.2, 0.25) is 0 Å². The number of nitro groups is 1. The molecule has 0 saturated heterocycles. The second kappa shape index (κ2) is 5.55. The first kappa shape index (κ1) is 8.42. The van der Waals surface area contributed by atoms with Gasteiger partial charge in [0.2, 0.25) is 6.20 Å². The normalized spacial score (nSPS) is 12.0. The maximum absolute atomic E-state index is 9.67. The summed E-state index contributed by atoms with van der Waals surface area (Å²) in [6.45, 7) is 0. The third kappa shape index (κ3) is 6.42. The molecule has 2 N–H and O–H groups in total. The van der Waals surface area contributed by atoms with Crippen molar-refractivity contribution in [2.75, 3.05) is 0 Å². The minimum absolute atomic E-state index is 0.531. The van der Waals surface area contributed by atoms with E-state index in [0.717, 1.165) is 6.20 Å². The topological polar surface area (TPSA) is 69.2 Å². The summed E-state index contributed by atoms with van der Waals surface area (Å²) in [7, 11) is 0. The van der Waals surface area contributed by atoms with Crippen LogP contribution in [0.25, 0.3) is 0 Å². The van der Waals surface area contributed by atoms with E-state index < -0.39 is 4.92 Å². The Morgan fingerprint density at radius 3 is 2.30 bits per heavy atom. The van der Waals surface area contributed by atoms with E-state index in [1.165, 1.54) is 18.4 Å². The first-order chi connectivity index (χ1) is 4.77. The molecule has 4 heteroatoms. The van der Waals surface area contributed by atoms with Gasteiger partial charge >= 0.3 is 0 Å². The molecule has 10 heavy (non-hydrogen) atoms. The molecule has 0 aliphatic heterocycles. The predicted octanol–water partition coefficient (Wildman–Crippen LogP) is 0.805. The third-order valence-electron chi connectivity index (χ3n) is 0.652. The Morgan fingerprint density at radius 1 is 1.20 bits per heavy atom. The lowest BCUT2D eigenvalue weighted by Crippen LogP contribution is -1.80. The summed E-state index contributed by atoms with van der Waals surface area (Å²) in [5.41, 5.74) is 4.98. The lowest BCUT2D eigenvalue weighted by atomic mass is 10.4. The number of nitrogens with zero attached hydrogens (tertiary/aromatic N) is 1. The zero-order valence-electron chi connectivity index (χ0n) is 5.31. The van der Waals surface area contributed by atoms with E-state index in [0.29, 0.717) is 0 Å². The molecule has 0 aromatic carbocycles. The van der Waals surface area contributed by atoms with Crippen molar-refractivity contribution in [3.05, 3.63) is 46.8 Å². The van der Waals surface area contributed by atoms with Crippen LogP contribution in [-0.4, -0.2) is 4.92 Å². The van der Waals surface area contributed by atoms with Crippen molar-refractivity contribution in [3.63, 3.8) is 0 Å². The van der Waals surface area contributed by atoms with Gasteiger partial charge in [-0.15, -0.1) is 0 Å². The van der Waals surface area contributed by atoms with E-state index in [1.807, 2.05) is 0 Å². The highest BCUT2D eigenvalue weighted by atomic mass is 16.6. The summed E-state index contributed by atoms with van der Waals surface area (Å²) < 4.78 is 0. The summed E-state index contributed by atoms with van der Waals surface area (Å²) in [6.07, 6.45) is 8.20. The number of allylic oxidation sites excluding steroid dienone is 4. The zero-order valence-corrected chi connectivity index (χ0v) is 5.31. The predicted molar refractivity (Wildman–Crippen MR) is 38.6 cm³/mol. The van der Waals surface area contributed by atoms with Crippen molar-refractivity contribution in [2.45, 2.75) is 0 Å². The molecule has 0 aromatic rings. The Bertz CT molecular complexity index is 182. The molecule has 0 aliphatic carbocycles. The number of rotatable bonds is 3. The molecule has 0 fully saturated rings. The standard InChI is InChI=1S/C6H8N2O2/c7-5-3-1-2-4-6-8(9)10/h1-6H,7H2/b2-1+,5-3+,6-4+. The monoisotopic (exact) mass is 140 g/mol. The van der Waals surface area contributed by atoms with Gasteiger partial charge in [0.15, 0.2) is 0 Å². The fourth-order valence-corrected chi connectivity index (χ4v) is 0.312. The van der Waals surface area contributed by atoms with Gasteiger partial charge in [-0.2, -0.15) is 0 Å². The van der Waals surface area contributed by atoms with Gasteiger partial charge in [-0.1, -0.05) is 12.2 Å². The van der Waals surface area contributed by atoms with Gasteiger partial charge in [0, 0.05) is 6.08 Å². The highest BCUT2D eigenvalue weighted by molar-refractivity contribution is 5.08. The smallest absolute Gasteiger partial charge is 0.234 e. The fraction of sp³-hybridized carbons (Fsp3) is 0. The minimum Gasteiger partial charge on any atom is -0.405 e. The van der Waals surface area contributed by atoms with Crippen molar-refractivity contribution in [3.8, 4) is 0 Å². The fourth-order valence-electron chi connectivity index (χ4n) is 0.312. The van der Waals surface area contributed by atoms with E-state index in [1.54, 1.807) is 12.2 Å². The van der Waals surface area contributed by atoms with Crippen LogP contribution in [0.1, 0.15) is 0 Å². The molecule has 0 radical (unpaired) electrons. The third-order valence-corrected chi connectivity index (χ3v) is 0.652. The Labute approximate surface area is 58.5 Å². The van der Waals surface area contributed by atoms with Crippen molar-refractivity contribution < 1.29 is 4.92 Å². The molecular formula is C6H8N2O2. The molecule has 0 heterocycles. The lowest BCUT2D eigenvalue weighted by Gasteiger charge is -1.73. The Hall–Kier alpha value is -1.58. The Kier molecular flexibility index (Phi) is 4.68. The minimum atomic E-state index is -0.531. The average Bonchev–Trinajstić information content (AvgIpc) is 1.87. The molecule has 0 spiro atoms. The summed E-state index contributed by atoms with van der Waals surface area (Å²) in [4.78, 5) is 9.14. The van der Waals surface area contributed by atoms with Crippen molar-refractivity contribution in [1.29, 1.82) is 0 Å². The Morgan fingerprint density at radius 2 is 1.80 bits per heavy atom. The molecule has 4 nitrogen and oxygen atoms in total. The van der Waals surface area contributed by atoms with Crippen molar-refractivity contribution in [1.82, 2.24) is 0 Å². The zero-order chi connectivity index (χ0) is 7.82. The molecule has 0 rings (SSSR count). The van der Waals surface area contributed by atoms with Gasteiger partial charge in [-0.3, -0.25) is 10.1 Å². The second-order valence-electron chi connectivity index (χ2n) is 1.40. The van der Waals surface area contributed by atoms with E-state index in [9.17, 15) is 10.1 Å². The first-order valence-electron chi connectivity index (χ1n) is 2.62. The van der Waals surface area contributed by atoms with E-state index in [2.05, 4.69) is 0 Å². The SMILES string of the molecule is N/C=C/C=C/C=C/[N+](=O)[O-]. The van der Waals surface area contributed by atoms with E-state index in [-0.39, 0.29) is 0 Å². The summed E-state index contributed by atoms with van der Waals surface area (Å²) in [5.74, 6) is 0. The van der Waals surface area contributed by atoms with Crippen LogP contribution >= 0.6 is 0 Å². The summed E-state index contributed by atoms with van der Waals surface area (Å²) in [5, 5.41) is 9.67. The van der Waals surface area contributed by atoms with Crippen molar-refractivity contribution in [2.24, 2.45) is 5.73 Å². The van der Waals surface area contributed by atoms with Gasteiger partial charge in [-0.25, -0.2) is 0 Å². The van der Waals surface area contributed by atoms with Crippen LogP contribution in [0.15, 0.2) is 36.7 Å². The van der Waals surface area contributed by atoms with Crippen LogP contribution in [0, 0.1) is 10.1 Å². The molecule has 0 aliphatic rings. The van der Waals surface area contributed by atoms with Crippen LogP contribution in [-0.2, 0) is 0 Å². The molecule has 0 bridgehead atoms. The number of nitrogens with two attached hydrogens (primary N) is 1. The highest BCUT2D eigenvalue weighted by Crippen LogP contribution is 1.78. The molecular weight excluding hydrogens is 132 g/mol. The van der Waals surface area contributed by atoms with Gasteiger partial charge < -0.3 is 5.73 Å².